The Hall–Kier alpha value is -3.61. The summed E-state index contributed by atoms with van der Waals surface area (Å²) < 4.78 is 5.05. The highest BCUT2D eigenvalue weighted by Crippen LogP contribution is 2.35. The first-order valence-corrected chi connectivity index (χ1v) is 8.36. The molecule has 0 aliphatic carbocycles. The van der Waals surface area contributed by atoms with Crippen LogP contribution in [0.3, 0.4) is 0 Å². The molecule has 1 aliphatic heterocycles. The van der Waals surface area contributed by atoms with Crippen molar-refractivity contribution in [1.29, 1.82) is 0 Å². The van der Waals surface area contributed by atoms with Crippen LogP contribution in [0.1, 0.15) is 24.2 Å². The summed E-state index contributed by atoms with van der Waals surface area (Å²) in [5.41, 5.74) is 1.47. The lowest BCUT2D eigenvalue weighted by Gasteiger charge is -2.24. The molecule has 0 radical (unpaired) electrons. The third kappa shape index (κ3) is 3.67. The van der Waals surface area contributed by atoms with Gasteiger partial charge in [0, 0.05) is 11.4 Å². The van der Waals surface area contributed by atoms with E-state index in [2.05, 4.69) is 10.2 Å². The van der Waals surface area contributed by atoms with Gasteiger partial charge in [0.15, 0.2) is 11.6 Å². The van der Waals surface area contributed by atoms with Gasteiger partial charge in [-0.15, -0.1) is 10.2 Å². The number of hydrogen-bond acceptors (Lipinski definition) is 6. The number of para-hydroxylation sites is 1. The van der Waals surface area contributed by atoms with E-state index in [1.807, 2.05) is 18.2 Å². The summed E-state index contributed by atoms with van der Waals surface area (Å²) in [5.74, 6) is -1.44. The summed E-state index contributed by atoms with van der Waals surface area (Å²) in [6.45, 7) is 3.28. The fourth-order valence-electron chi connectivity index (χ4n) is 2.71. The van der Waals surface area contributed by atoms with Crippen LogP contribution >= 0.6 is 0 Å². The molecule has 7 heteroatoms. The Labute approximate surface area is 156 Å². The third-order valence-electron chi connectivity index (χ3n) is 3.87. The van der Waals surface area contributed by atoms with Gasteiger partial charge in [-0.05, 0) is 44.2 Å². The van der Waals surface area contributed by atoms with Crippen molar-refractivity contribution in [2.45, 2.75) is 13.8 Å². The lowest BCUT2D eigenvalue weighted by molar-refractivity contribution is -0.119. The number of anilines is 2. The van der Waals surface area contributed by atoms with E-state index in [9.17, 15) is 14.4 Å². The van der Waals surface area contributed by atoms with Gasteiger partial charge in [-0.25, -0.2) is 4.79 Å². The molecule has 0 spiro atoms. The van der Waals surface area contributed by atoms with E-state index in [0.717, 1.165) is 0 Å². The Morgan fingerprint density at radius 3 is 2.37 bits per heavy atom. The first-order valence-electron chi connectivity index (χ1n) is 8.36. The van der Waals surface area contributed by atoms with Crippen LogP contribution in [-0.2, 0) is 14.3 Å². The molecule has 27 heavy (non-hydrogen) atoms. The Balaban J connectivity index is 2.17. The van der Waals surface area contributed by atoms with Gasteiger partial charge in [-0.3, -0.25) is 14.5 Å². The van der Waals surface area contributed by atoms with Crippen molar-refractivity contribution in [3.05, 3.63) is 71.6 Å². The van der Waals surface area contributed by atoms with Crippen LogP contribution in [0.15, 0.2) is 76.2 Å². The van der Waals surface area contributed by atoms with Crippen LogP contribution in [0.4, 0.5) is 11.4 Å². The Kier molecular flexibility index (Phi) is 5.21. The highest BCUT2D eigenvalue weighted by atomic mass is 16.5. The fourth-order valence-corrected chi connectivity index (χ4v) is 2.71. The van der Waals surface area contributed by atoms with Gasteiger partial charge >= 0.3 is 11.9 Å². The molecule has 7 nitrogen and oxygen atoms in total. The summed E-state index contributed by atoms with van der Waals surface area (Å²) >= 11 is 0. The molecule has 2 aromatic rings. The topological polar surface area (TPSA) is 88.4 Å². The first kappa shape index (κ1) is 18.2. The second kappa shape index (κ2) is 7.74. The van der Waals surface area contributed by atoms with Crippen LogP contribution in [0.2, 0.25) is 0 Å². The van der Waals surface area contributed by atoms with E-state index in [1.165, 1.54) is 6.92 Å². The van der Waals surface area contributed by atoms with Crippen LogP contribution < -0.4 is 4.90 Å². The summed E-state index contributed by atoms with van der Waals surface area (Å²) in [6, 6.07) is 15.8. The number of ketones is 1. The minimum atomic E-state index is -0.681. The summed E-state index contributed by atoms with van der Waals surface area (Å²) in [5, 5.41) is 7.46. The molecule has 1 aliphatic rings. The van der Waals surface area contributed by atoms with Crippen LogP contribution in [0, 0.1) is 0 Å². The van der Waals surface area contributed by atoms with Gasteiger partial charge in [-0.1, -0.05) is 24.3 Å². The van der Waals surface area contributed by atoms with Crippen LogP contribution in [0.5, 0.6) is 0 Å². The molecule has 0 unspecified atom stereocenters. The van der Waals surface area contributed by atoms with Crippen molar-refractivity contribution in [2.75, 3.05) is 11.5 Å². The van der Waals surface area contributed by atoms with E-state index in [1.54, 1.807) is 48.2 Å². The quantitative estimate of drug-likeness (QED) is 0.575. The van der Waals surface area contributed by atoms with Gasteiger partial charge in [0.25, 0.3) is 0 Å². The average molecular weight is 363 g/mol. The number of amides is 1. The zero-order chi connectivity index (χ0) is 19.4. The van der Waals surface area contributed by atoms with E-state index >= 15 is 0 Å². The van der Waals surface area contributed by atoms with E-state index in [0.29, 0.717) is 16.9 Å². The number of azo groups is 1. The van der Waals surface area contributed by atoms with E-state index < -0.39 is 17.7 Å². The maximum Gasteiger partial charge on any atom is 0.338 e. The second-order valence-corrected chi connectivity index (χ2v) is 5.70. The van der Waals surface area contributed by atoms with Gasteiger partial charge in [-0.2, -0.15) is 0 Å². The van der Waals surface area contributed by atoms with Crippen LogP contribution in [-0.4, -0.2) is 24.3 Å². The largest absolute Gasteiger partial charge is 0.462 e. The number of carbonyl (C=O) groups excluding carboxylic acids is 3. The monoisotopic (exact) mass is 363 g/mol. The molecule has 0 aromatic heterocycles. The molecule has 0 atom stereocenters. The van der Waals surface area contributed by atoms with Crippen molar-refractivity contribution < 1.29 is 19.1 Å². The van der Waals surface area contributed by atoms with Crippen molar-refractivity contribution in [3.8, 4) is 0 Å². The number of ether oxygens (including phenoxy) is 1. The Bertz CT molecular complexity index is 964. The molecule has 0 fully saturated rings. The van der Waals surface area contributed by atoms with Crippen molar-refractivity contribution in [1.82, 2.24) is 0 Å². The zero-order valence-electron chi connectivity index (χ0n) is 14.9. The third-order valence-corrected chi connectivity index (χ3v) is 3.87. The summed E-state index contributed by atoms with van der Waals surface area (Å²) in [6.07, 6.45) is 0. The summed E-state index contributed by atoms with van der Waals surface area (Å²) in [4.78, 5) is 37.7. The number of nitrogens with zero attached hydrogens (tertiary/aromatic N) is 3. The van der Waals surface area contributed by atoms with E-state index in [4.69, 9.17) is 4.74 Å². The van der Waals surface area contributed by atoms with Crippen molar-refractivity contribution in [3.63, 3.8) is 0 Å². The molecular weight excluding hydrogens is 346 g/mol. The zero-order valence-corrected chi connectivity index (χ0v) is 14.9. The molecule has 0 bridgehead atoms. The van der Waals surface area contributed by atoms with Gasteiger partial charge in [0.05, 0.1) is 12.2 Å². The van der Waals surface area contributed by atoms with Crippen LogP contribution in [0.25, 0.3) is 0 Å². The molecule has 0 N–H and O–H groups in total. The normalized spacial score (nSPS) is 13.0. The number of rotatable bonds is 6. The number of hydrogen-bond donors (Lipinski definition) is 0. The predicted molar refractivity (Wildman–Crippen MR) is 98.5 cm³/mol. The lowest BCUT2D eigenvalue weighted by Crippen LogP contribution is -2.19. The number of esters is 1. The second-order valence-electron chi connectivity index (χ2n) is 5.70. The molecule has 1 amide bonds. The molecular formula is C20H17N3O4. The number of benzene rings is 2. The lowest BCUT2D eigenvalue weighted by atomic mass is 10.1. The highest BCUT2D eigenvalue weighted by Gasteiger charge is 2.31. The van der Waals surface area contributed by atoms with Gasteiger partial charge in [0.2, 0.25) is 0 Å². The molecule has 136 valence electrons. The molecule has 2 aromatic carbocycles. The first-order chi connectivity index (χ1) is 13.0. The molecule has 0 saturated carbocycles. The number of Topliss-reactive ketones (excluding diaryl/α,β-unsaturated/α-hetero) is 1. The minimum absolute atomic E-state index is 0.0969. The van der Waals surface area contributed by atoms with Crippen molar-refractivity contribution >= 4 is 29.0 Å². The minimum Gasteiger partial charge on any atom is -0.462 e. The molecule has 3 rings (SSSR count). The summed E-state index contributed by atoms with van der Waals surface area (Å²) in [7, 11) is 0. The van der Waals surface area contributed by atoms with Crippen molar-refractivity contribution in [2.24, 2.45) is 10.2 Å². The van der Waals surface area contributed by atoms with Gasteiger partial charge in [0.1, 0.15) is 5.57 Å². The average Bonchev–Trinajstić information content (AvgIpc) is 3.05. The van der Waals surface area contributed by atoms with E-state index in [-0.39, 0.29) is 18.0 Å². The number of carbonyl (C=O) groups is 3. The Morgan fingerprint density at radius 2 is 1.70 bits per heavy atom. The molecule has 0 saturated heterocycles. The molecule has 1 heterocycles. The highest BCUT2D eigenvalue weighted by molar-refractivity contribution is 6.20. The SMILES string of the molecule is CCOC(=O)c1cccc(N(C2=C(C(C)=O)C(=O)N=N2)c2ccccc2)c1. The maximum atomic E-state index is 12.1. The van der Waals surface area contributed by atoms with Gasteiger partial charge < -0.3 is 4.74 Å². The predicted octanol–water partition coefficient (Wildman–Crippen LogP) is 3.79. The smallest absolute Gasteiger partial charge is 0.338 e. The maximum absolute atomic E-state index is 12.1. The fraction of sp³-hybridized carbons (Fsp3) is 0.150. The standard InChI is InChI=1S/C20H17N3O4/c1-3-27-20(26)14-8-7-11-16(12-14)23(15-9-5-4-6-10-15)18-17(13(2)24)19(25)22-21-18/h4-12H,3H2,1-2H3. The Morgan fingerprint density at radius 1 is 1.00 bits per heavy atom.